The van der Waals surface area contributed by atoms with Gasteiger partial charge in [-0.25, -0.2) is 0 Å². The summed E-state index contributed by atoms with van der Waals surface area (Å²) in [6, 6.07) is 0. The second kappa shape index (κ2) is 68.0. The molecule has 0 atom stereocenters. The molecule has 0 aliphatic heterocycles. The van der Waals surface area contributed by atoms with Gasteiger partial charge in [0.1, 0.15) is 0 Å². The van der Waals surface area contributed by atoms with Crippen LogP contribution in [-0.4, -0.2) is 23.0 Å². The van der Waals surface area contributed by atoms with E-state index >= 15 is 0 Å². The molecule has 0 bridgehead atoms. The van der Waals surface area contributed by atoms with E-state index in [2.05, 4.69) is 20.8 Å². The molecule has 0 unspecified atom stereocenters. The molecule has 0 aliphatic rings. The fourth-order valence-electron chi connectivity index (χ4n) is 7.93. The molecule has 8 heteroatoms. The van der Waals surface area contributed by atoms with Crippen molar-refractivity contribution in [3.63, 3.8) is 0 Å². The molecule has 1 N–H and O–H groups in total. The zero-order chi connectivity index (χ0) is 44.7. The number of unbranched alkanes of at least 4 members (excludes halogenated alkanes) is 42. The van der Waals surface area contributed by atoms with E-state index in [1.54, 1.807) is 0 Å². The number of carbonyl (C=O) groups excluding carboxylic acids is 2. The zero-order valence-electron chi connectivity index (χ0n) is 42.9. The quantitative estimate of drug-likeness (QED) is 0.0480. The van der Waals surface area contributed by atoms with Crippen LogP contribution in [0.1, 0.15) is 329 Å². The standard InChI is InChI=1S/3C18H36O2.2Na/c3*1-2-3-4-5-6-7-8-9-10-11-12-13-14-15-16-17-18(19)20;;/h3*2-17H2,1H3,(H,19,20);;/q;;;2*+1/p-2. The number of hydrogen-bond donors (Lipinski definition) is 1. The molecule has 0 aromatic heterocycles. The Balaban J connectivity index is -0.000000258. The van der Waals surface area contributed by atoms with Crippen LogP contribution in [0, 0.1) is 0 Å². The first kappa shape index (κ1) is 71.4. The summed E-state index contributed by atoms with van der Waals surface area (Å²) >= 11 is 0. The van der Waals surface area contributed by atoms with Gasteiger partial charge in [0.25, 0.3) is 0 Å². The van der Waals surface area contributed by atoms with Crippen molar-refractivity contribution >= 4 is 17.9 Å². The SMILES string of the molecule is CCCCCCCCCCCCCCCCCC(=O)O.CCCCCCCCCCCCCCCCCC(=O)[O-].CCCCCCCCCCCCCCCCCC(=O)[O-].[Na+].[Na+]. The number of carboxylic acid groups (broad SMARTS) is 3. The molecule has 6 nitrogen and oxygen atoms in total. The third-order valence-electron chi connectivity index (χ3n) is 12.0. The van der Waals surface area contributed by atoms with Gasteiger partial charge in [0, 0.05) is 18.4 Å². The maximum Gasteiger partial charge on any atom is 1.00 e. The van der Waals surface area contributed by atoms with Crippen molar-refractivity contribution in [3.8, 4) is 0 Å². The maximum absolute atomic E-state index is 10.3. The van der Waals surface area contributed by atoms with Gasteiger partial charge in [0.05, 0.1) is 0 Å². The third kappa shape index (κ3) is 80.7. The number of aliphatic carboxylic acids is 3. The van der Waals surface area contributed by atoms with E-state index in [1.807, 2.05) is 0 Å². The van der Waals surface area contributed by atoms with Gasteiger partial charge in [0.15, 0.2) is 0 Å². The van der Waals surface area contributed by atoms with Gasteiger partial charge in [-0.2, -0.15) is 0 Å². The molecular weight excluding hydrogens is 791 g/mol. The van der Waals surface area contributed by atoms with Gasteiger partial charge >= 0.3 is 65.1 Å². The number of carboxylic acids is 3. The molecule has 0 fully saturated rings. The Labute approximate surface area is 432 Å². The van der Waals surface area contributed by atoms with Crippen LogP contribution in [0.4, 0.5) is 0 Å². The number of hydrogen-bond acceptors (Lipinski definition) is 5. The second-order valence-electron chi connectivity index (χ2n) is 18.2. The van der Waals surface area contributed by atoms with Gasteiger partial charge in [-0.05, 0) is 32.1 Å². The van der Waals surface area contributed by atoms with E-state index in [1.165, 1.54) is 250 Å². The predicted molar refractivity (Wildman–Crippen MR) is 256 cm³/mol. The number of carbonyl (C=O) groups is 3. The molecule has 0 heterocycles. The molecule has 0 aromatic rings. The van der Waals surface area contributed by atoms with Crippen LogP contribution in [0.3, 0.4) is 0 Å². The summed E-state index contributed by atoms with van der Waals surface area (Å²) in [4.78, 5) is 30.8. The first-order chi connectivity index (χ1) is 29.3. The average Bonchev–Trinajstić information content (AvgIpc) is 3.22. The van der Waals surface area contributed by atoms with Gasteiger partial charge in [-0.1, -0.05) is 290 Å². The summed E-state index contributed by atoms with van der Waals surface area (Å²) in [6.45, 7) is 6.80. The second-order valence-corrected chi connectivity index (χ2v) is 18.2. The summed E-state index contributed by atoms with van der Waals surface area (Å²) in [7, 11) is 0. The van der Waals surface area contributed by atoms with E-state index in [0.717, 1.165) is 38.5 Å². The van der Waals surface area contributed by atoms with Crippen molar-refractivity contribution in [2.45, 2.75) is 329 Å². The Bertz CT molecular complexity index is 722. The van der Waals surface area contributed by atoms with Crippen molar-refractivity contribution in [1.29, 1.82) is 0 Å². The molecule has 62 heavy (non-hydrogen) atoms. The van der Waals surface area contributed by atoms with Crippen LogP contribution in [0.2, 0.25) is 0 Å². The Hall–Kier alpha value is 0.410. The largest absolute Gasteiger partial charge is 1.00 e. The maximum atomic E-state index is 10.3. The third-order valence-corrected chi connectivity index (χ3v) is 12.0. The van der Waals surface area contributed by atoms with E-state index in [9.17, 15) is 24.6 Å². The molecule has 0 aromatic carbocycles. The Kier molecular flexibility index (Phi) is 78.3. The molecule has 0 saturated heterocycles. The van der Waals surface area contributed by atoms with Gasteiger partial charge in [-0.3, -0.25) is 4.79 Å². The van der Waals surface area contributed by atoms with E-state index in [-0.39, 0.29) is 72.0 Å². The minimum atomic E-state index is -0.903. The van der Waals surface area contributed by atoms with Gasteiger partial charge < -0.3 is 24.9 Å². The summed E-state index contributed by atoms with van der Waals surface area (Å²) in [5.74, 6) is -2.46. The Morgan fingerprint density at radius 2 is 0.387 bits per heavy atom. The molecular formula is C54H106Na2O6. The zero-order valence-corrected chi connectivity index (χ0v) is 46.9. The van der Waals surface area contributed by atoms with Crippen molar-refractivity contribution in [2.24, 2.45) is 0 Å². The Morgan fingerprint density at radius 3 is 0.516 bits per heavy atom. The first-order valence-electron chi connectivity index (χ1n) is 26.9. The van der Waals surface area contributed by atoms with Crippen LogP contribution < -0.4 is 69.3 Å². The van der Waals surface area contributed by atoms with Gasteiger partial charge in [0.2, 0.25) is 0 Å². The monoisotopic (exact) mass is 897 g/mol. The molecule has 0 aliphatic carbocycles. The molecule has 0 amide bonds. The van der Waals surface area contributed by atoms with Crippen LogP contribution in [0.25, 0.3) is 0 Å². The summed E-state index contributed by atoms with van der Waals surface area (Å²) < 4.78 is 0. The normalized spacial score (nSPS) is 10.5. The molecule has 360 valence electrons. The summed E-state index contributed by atoms with van der Waals surface area (Å²) in [6.07, 6.45) is 59.9. The van der Waals surface area contributed by atoms with Crippen molar-refractivity contribution in [3.05, 3.63) is 0 Å². The fraction of sp³-hybridized carbons (Fsp3) is 0.944. The molecule has 0 spiro atoms. The van der Waals surface area contributed by atoms with E-state index in [0.29, 0.717) is 6.42 Å². The predicted octanol–water partition coefficient (Wildman–Crippen LogP) is 10.3. The molecule has 0 radical (unpaired) electrons. The minimum absolute atomic E-state index is 0. The van der Waals surface area contributed by atoms with Crippen molar-refractivity contribution in [1.82, 2.24) is 0 Å². The van der Waals surface area contributed by atoms with Crippen LogP contribution in [0.5, 0.6) is 0 Å². The molecule has 0 rings (SSSR count). The number of rotatable bonds is 48. The summed E-state index contributed by atoms with van der Waals surface area (Å²) in [5, 5.41) is 29.0. The van der Waals surface area contributed by atoms with Crippen LogP contribution in [0.15, 0.2) is 0 Å². The average molecular weight is 897 g/mol. The van der Waals surface area contributed by atoms with Crippen LogP contribution in [-0.2, 0) is 14.4 Å². The first-order valence-corrected chi connectivity index (χ1v) is 26.9. The fourth-order valence-corrected chi connectivity index (χ4v) is 7.93. The van der Waals surface area contributed by atoms with E-state index in [4.69, 9.17) is 5.11 Å². The van der Waals surface area contributed by atoms with Gasteiger partial charge in [-0.15, -0.1) is 0 Å². The smallest absolute Gasteiger partial charge is 0.550 e. The van der Waals surface area contributed by atoms with Crippen molar-refractivity contribution in [2.75, 3.05) is 0 Å². The van der Waals surface area contributed by atoms with Crippen molar-refractivity contribution < 1.29 is 88.8 Å². The Morgan fingerprint density at radius 1 is 0.258 bits per heavy atom. The van der Waals surface area contributed by atoms with E-state index < -0.39 is 17.9 Å². The minimum Gasteiger partial charge on any atom is -0.550 e. The van der Waals surface area contributed by atoms with Crippen LogP contribution >= 0.6 is 0 Å². The summed E-state index contributed by atoms with van der Waals surface area (Å²) in [5.41, 5.74) is 0. The molecule has 0 saturated carbocycles. The topological polar surface area (TPSA) is 118 Å².